The predicted octanol–water partition coefficient (Wildman–Crippen LogP) is 4.37. The number of benzene rings is 1. The van der Waals surface area contributed by atoms with Crippen LogP contribution >= 0.6 is 0 Å². The number of hydrogen-bond donors (Lipinski definition) is 0. The maximum atomic E-state index is 5.97. The van der Waals surface area contributed by atoms with E-state index in [4.69, 9.17) is 13.6 Å². The molecule has 0 N–H and O–H groups in total. The molecule has 3 nitrogen and oxygen atoms in total. The van der Waals surface area contributed by atoms with E-state index >= 15 is 0 Å². The van der Waals surface area contributed by atoms with E-state index in [9.17, 15) is 0 Å². The van der Waals surface area contributed by atoms with Gasteiger partial charge in [0.1, 0.15) is 11.5 Å². The first-order chi connectivity index (χ1) is 8.93. The molecule has 19 heavy (non-hydrogen) atoms. The Morgan fingerprint density at radius 2 is 1.63 bits per heavy atom. The molecule has 0 unspecified atom stereocenters. The largest absolute Gasteiger partial charge is 0.520 e. The first kappa shape index (κ1) is 16.1. The van der Waals surface area contributed by atoms with E-state index < -0.39 is 8.56 Å². The van der Waals surface area contributed by atoms with Gasteiger partial charge in [-0.05, 0) is 57.6 Å². The molecule has 0 aromatic heterocycles. The van der Waals surface area contributed by atoms with E-state index in [-0.39, 0.29) is 6.10 Å². The van der Waals surface area contributed by atoms with Crippen molar-refractivity contribution in [3.8, 4) is 11.5 Å². The highest BCUT2D eigenvalue weighted by Crippen LogP contribution is 2.21. The zero-order valence-corrected chi connectivity index (χ0v) is 13.7. The monoisotopic (exact) mass is 282 g/mol. The van der Waals surface area contributed by atoms with E-state index in [0.29, 0.717) is 0 Å². The van der Waals surface area contributed by atoms with Crippen LogP contribution in [0.5, 0.6) is 11.5 Å². The van der Waals surface area contributed by atoms with Crippen molar-refractivity contribution in [2.24, 2.45) is 0 Å². The van der Waals surface area contributed by atoms with Gasteiger partial charge in [-0.1, -0.05) is 13.3 Å². The molecule has 1 rings (SSSR count). The normalized spacial score (nSPS) is 11.7. The first-order valence-corrected chi connectivity index (χ1v) is 9.84. The van der Waals surface area contributed by atoms with Crippen LogP contribution in [0.3, 0.4) is 0 Å². The van der Waals surface area contributed by atoms with Crippen molar-refractivity contribution >= 4 is 8.56 Å². The third kappa shape index (κ3) is 6.64. The second-order valence-electron chi connectivity index (χ2n) is 5.34. The van der Waals surface area contributed by atoms with Crippen LogP contribution in [-0.4, -0.2) is 21.3 Å². The van der Waals surface area contributed by atoms with Crippen molar-refractivity contribution in [3.05, 3.63) is 24.3 Å². The van der Waals surface area contributed by atoms with Crippen molar-refractivity contribution in [1.29, 1.82) is 0 Å². The molecule has 0 amide bonds. The van der Waals surface area contributed by atoms with Gasteiger partial charge < -0.3 is 13.6 Å². The third-order valence-corrected chi connectivity index (χ3v) is 4.13. The van der Waals surface area contributed by atoms with Crippen molar-refractivity contribution in [1.82, 2.24) is 0 Å². The Hall–Kier alpha value is -1.00. The van der Waals surface area contributed by atoms with Crippen molar-refractivity contribution in [3.63, 3.8) is 0 Å². The Kier molecular flexibility index (Phi) is 6.38. The topological polar surface area (TPSA) is 27.7 Å². The Morgan fingerprint density at radius 3 is 2.16 bits per heavy atom. The van der Waals surface area contributed by atoms with Crippen LogP contribution in [-0.2, 0) is 4.43 Å². The zero-order valence-electron chi connectivity index (χ0n) is 12.7. The predicted molar refractivity (Wildman–Crippen MR) is 81.2 cm³/mol. The summed E-state index contributed by atoms with van der Waals surface area (Å²) in [6.45, 7) is 11.1. The van der Waals surface area contributed by atoms with Crippen LogP contribution in [0.1, 0.15) is 33.6 Å². The summed E-state index contributed by atoms with van der Waals surface area (Å²) in [7, 11) is -2.07. The molecule has 0 spiro atoms. The average molecular weight is 282 g/mol. The highest BCUT2D eigenvalue weighted by molar-refractivity contribution is 6.65. The second-order valence-corrected chi connectivity index (χ2v) is 8.63. The Balaban J connectivity index is 2.51. The van der Waals surface area contributed by atoms with E-state index in [2.05, 4.69) is 20.0 Å². The van der Waals surface area contributed by atoms with Gasteiger partial charge in [-0.3, -0.25) is 0 Å². The van der Waals surface area contributed by atoms with Crippen LogP contribution in [0.15, 0.2) is 24.3 Å². The van der Waals surface area contributed by atoms with Gasteiger partial charge in [0, 0.05) is 6.61 Å². The summed E-state index contributed by atoms with van der Waals surface area (Å²) in [5.41, 5.74) is 0. The molecular formula is C15H26O3Si. The molecule has 0 aliphatic heterocycles. The molecule has 108 valence electrons. The molecule has 0 radical (unpaired) electrons. The smallest absolute Gasteiger partial charge is 0.392 e. The number of unbranched alkanes of at least 4 members (excludes halogenated alkanes) is 1. The van der Waals surface area contributed by atoms with Crippen LogP contribution in [0.4, 0.5) is 0 Å². The standard InChI is InChI=1S/C15H26O3Si/c1-6-7-12-16-19(4,5)18-15-10-8-14(9-11-15)17-13(2)3/h8-11,13H,6-7,12H2,1-5H3. The molecule has 0 bridgehead atoms. The highest BCUT2D eigenvalue weighted by atomic mass is 28.4. The average Bonchev–Trinajstić information content (AvgIpc) is 2.31. The van der Waals surface area contributed by atoms with Gasteiger partial charge in [-0.25, -0.2) is 0 Å². The zero-order chi connectivity index (χ0) is 14.3. The first-order valence-electron chi connectivity index (χ1n) is 7.02. The van der Waals surface area contributed by atoms with E-state index in [1.807, 2.05) is 38.1 Å². The lowest BCUT2D eigenvalue weighted by molar-refractivity contribution is 0.239. The minimum atomic E-state index is -2.07. The molecule has 0 fully saturated rings. The van der Waals surface area contributed by atoms with Crippen LogP contribution in [0.2, 0.25) is 13.1 Å². The van der Waals surface area contributed by atoms with Crippen molar-refractivity contribution in [2.45, 2.75) is 52.8 Å². The minimum Gasteiger partial charge on any atom is -0.520 e. The Bertz CT molecular complexity index is 360. The second kappa shape index (κ2) is 7.55. The lowest BCUT2D eigenvalue weighted by Crippen LogP contribution is -2.38. The van der Waals surface area contributed by atoms with Gasteiger partial charge in [0.15, 0.2) is 0 Å². The van der Waals surface area contributed by atoms with Crippen molar-refractivity contribution in [2.75, 3.05) is 6.61 Å². The molecule has 1 aromatic carbocycles. The summed E-state index contributed by atoms with van der Waals surface area (Å²) in [5.74, 6) is 1.72. The van der Waals surface area contributed by atoms with Gasteiger partial charge in [-0.15, -0.1) is 0 Å². The maximum absolute atomic E-state index is 5.97. The highest BCUT2D eigenvalue weighted by Gasteiger charge is 2.26. The number of hydrogen-bond acceptors (Lipinski definition) is 3. The summed E-state index contributed by atoms with van der Waals surface area (Å²) in [4.78, 5) is 0. The fraction of sp³-hybridized carbons (Fsp3) is 0.600. The minimum absolute atomic E-state index is 0.190. The van der Waals surface area contributed by atoms with Gasteiger partial charge in [0.05, 0.1) is 6.10 Å². The fourth-order valence-corrected chi connectivity index (χ4v) is 3.03. The van der Waals surface area contributed by atoms with E-state index in [1.54, 1.807) is 0 Å². The molecule has 0 atom stereocenters. The lowest BCUT2D eigenvalue weighted by Gasteiger charge is -2.24. The number of ether oxygens (including phenoxy) is 1. The van der Waals surface area contributed by atoms with E-state index in [1.165, 1.54) is 0 Å². The van der Waals surface area contributed by atoms with Gasteiger partial charge in [0.25, 0.3) is 0 Å². The Labute approximate surface area is 118 Å². The third-order valence-electron chi connectivity index (χ3n) is 2.51. The molecule has 0 saturated carbocycles. The molecule has 1 aromatic rings. The van der Waals surface area contributed by atoms with Gasteiger partial charge >= 0.3 is 8.56 Å². The molecule has 0 saturated heterocycles. The summed E-state index contributed by atoms with van der Waals surface area (Å²) in [6.07, 6.45) is 2.42. The van der Waals surface area contributed by atoms with Crippen LogP contribution < -0.4 is 9.16 Å². The Morgan fingerprint density at radius 1 is 1.05 bits per heavy atom. The fourth-order valence-electron chi connectivity index (χ4n) is 1.63. The van der Waals surface area contributed by atoms with Crippen molar-refractivity contribution < 1.29 is 13.6 Å². The SMILES string of the molecule is CCCCO[Si](C)(C)Oc1ccc(OC(C)C)cc1. The van der Waals surface area contributed by atoms with Gasteiger partial charge in [0.2, 0.25) is 0 Å². The van der Waals surface area contributed by atoms with Gasteiger partial charge in [-0.2, -0.15) is 0 Å². The molecule has 4 heteroatoms. The van der Waals surface area contributed by atoms with E-state index in [0.717, 1.165) is 30.9 Å². The molecule has 0 aliphatic rings. The maximum Gasteiger partial charge on any atom is 0.392 e. The molecular weight excluding hydrogens is 256 g/mol. The summed E-state index contributed by atoms with van der Waals surface area (Å²) in [6, 6.07) is 7.75. The lowest BCUT2D eigenvalue weighted by atomic mass is 10.3. The van der Waals surface area contributed by atoms with Crippen LogP contribution in [0.25, 0.3) is 0 Å². The quantitative estimate of drug-likeness (QED) is 0.523. The molecule has 0 heterocycles. The number of rotatable bonds is 8. The summed E-state index contributed by atoms with van der Waals surface area (Å²) in [5, 5.41) is 0. The summed E-state index contributed by atoms with van der Waals surface area (Å²) >= 11 is 0. The summed E-state index contributed by atoms with van der Waals surface area (Å²) < 4.78 is 17.4. The molecule has 0 aliphatic carbocycles. The van der Waals surface area contributed by atoms with Crippen LogP contribution in [0, 0.1) is 0 Å².